The fraction of sp³-hybridized carbons (Fsp3) is 0. The summed E-state index contributed by atoms with van der Waals surface area (Å²) < 4.78 is 6.81. The van der Waals surface area contributed by atoms with Gasteiger partial charge in [-0.3, -0.25) is 11.0 Å². The average molecular weight is 383 g/mol. The van der Waals surface area contributed by atoms with Gasteiger partial charge in [-0.25, -0.2) is 9.03 Å². The molecule has 2 atom stereocenters. The Bertz CT molecular complexity index is 53.0. The fourth-order valence-electron chi connectivity index (χ4n) is 0. The second-order valence-corrected chi connectivity index (χ2v) is 2.77. The van der Waals surface area contributed by atoms with E-state index in [0.717, 1.165) is 0 Å². The maximum Gasteiger partial charge on any atom is 0.0907 e. The second kappa shape index (κ2) is 22.6. The SMILES string of the molecule is NP=NP.NP=NP.[Pt]. The summed E-state index contributed by atoms with van der Waals surface area (Å²) >= 11 is 0. The number of rotatable bonds is 0. The molecule has 9 heteroatoms. The summed E-state index contributed by atoms with van der Waals surface area (Å²) in [5, 5.41) is 0. The molecule has 4 N–H and O–H groups in total. The Morgan fingerprint density at radius 2 is 1.11 bits per heavy atom. The van der Waals surface area contributed by atoms with Crippen molar-refractivity contribution in [2.45, 2.75) is 0 Å². The van der Waals surface area contributed by atoms with Gasteiger partial charge in [-0.05, 0) is 18.8 Å². The molecule has 0 aliphatic carbocycles. The van der Waals surface area contributed by atoms with E-state index >= 15 is 0 Å². The Morgan fingerprint density at radius 1 is 1.00 bits per heavy atom. The molecule has 0 fully saturated rings. The first-order valence-corrected chi connectivity index (χ1v) is 4.30. The van der Waals surface area contributed by atoms with E-state index in [9.17, 15) is 0 Å². The molecule has 0 aliphatic heterocycles. The Morgan fingerprint density at radius 3 is 1.11 bits per heavy atom. The third-order valence-electron chi connectivity index (χ3n) is 0.133. The molecule has 0 rings (SSSR count). The van der Waals surface area contributed by atoms with E-state index in [0.29, 0.717) is 17.0 Å². The number of hydrogen-bond donors (Lipinski definition) is 2. The predicted octanol–water partition coefficient (Wildman–Crippen LogP) is 1.56. The first-order chi connectivity index (χ1) is 3.83. The first-order valence-electron chi connectivity index (χ1n) is 1.43. The molecule has 0 aliphatic rings. The molecule has 0 bridgehead atoms. The Labute approximate surface area is 77.0 Å². The molecule has 0 heterocycles. The number of nitrogens with zero attached hydrogens (tertiary/aromatic N) is 2. The molecular formula is H8N4P4Pt. The second-order valence-electron chi connectivity index (χ2n) is 0.462. The number of nitrogens with two attached hydrogens (primary N) is 2. The van der Waals surface area contributed by atoms with Crippen molar-refractivity contribution in [3.8, 4) is 0 Å². The van der Waals surface area contributed by atoms with Crippen LogP contribution < -0.4 is 11.0 Å². The van der Waals surface area contributed by atoms with Crippen LogP contribution in [-0.2, 0) is 21.1 Å². The van der Waals surface area contributed by atoms with Crippen LogP contribution in [0.1, 0.15) is 0 Å². The minimum Gasteiger partial charge on any atom is -0.269 e. The van der Waals surface area contributed by atoms with Crippen molar-refractivity contribution in [2.24, 2.45) is 20.0 Å². The van der Waals surface area contributed by atoms with Crippen LogP contribution in [-0.4, -0.2) is 0 Å². The van der Waals surface area contributed by atoms with Crippen LogP contribution in [0.4, 0.5) is 0 Å². The molecule has 0 aromatic rings. The van der Waals surface area contributed by atoms with Crippen molar-refractivity contribution in [3.63, 3.8) is 0 Å². The van der Waals surface area contributed by atoms with Crippen LogP contribution in [0.15, 0.2) is 9.03 Å². The van der Waals surface area contributed by atoms with Crippen molar-refractivity contribution < 1.29 is 21.1 Å². The minimum atomic E-state index is 0. The average Bonchev–Trinajstić information content (AvgIpc) is 1.88. The Hall–Kier alpha value is 1.67. The summed E-state index contributed by atoms with van der Waals surface area (Å²) in [6.07, 6.45) is 0. The third kappa shape index (κ3) is 42.2. The van der Waals surface area contributed by atoms with Gasteiger partial charge in [0.05, 0.1) is 17.0 Å². The van der Waals surface area contributed by atoms with E-state index in [2.05, 4.69) is 27.8 Å². The van der Waals surface area contributed by atoms with Gasteiger partial charge in [-0.2, -0.15) is 0 Å². The molecule has 0 aromatic heterocycles. The molecule has 4 nitrogen and oxygen atoms in total. The van der Waals surface area contributed by atoms with Gasteiger partial charge >= 0.3 is 0 Å². The van der Waals surface area contributed by atoms with E-state index in [1.54, 1.807) is 0 Å². The maximum atomic E-state index is 4.81. The summed E-state index contributed by atoms with van der Waals surface area (Å²) in [4.78, 5) is 0. The van der Waals surface area contributed by atoms with Crippen LogP contribution >= 0.6 is 35.8 Å². The van der Waals surface area contributed by atoms with Crippen LogP contribution in [0, 0.1) is 0 Å². The summed E-state index contributed by atoms with van der Waals surface area (Å²) in [6, 6.07) is 0. The predicted molar refractivity (Wildman–Crippen MR) is 46.5 cm³/mol. The van der Waals surface area contributed by atoms with Crippen molar-refractivity contribution in [1.82, 2.24) is 0 Å². The summed E-state index contributed by atoms with van der Waals surface area (Å²) in [5.41, 5.74) is 9.62. The van der Waals surface area contributed by atoms with E-state index in [1.807, 2.05) is 0 Å². The minimum absolute atomic E-state index is 0. The van der Waals surface area contributed by atoms with Gasteiger partial charge in [-0.15, -0.1) is 0 Å². The van der Waals surface area contributed by atoms with Crippen molar-refractivity contribution in [1.29, 1.82) is 0 Å². The van der Waals surface area contributed by atoms with Crippen molar-refractivity contribution >= 4 is 35.8 Å². The quantitative estimate of drug-likeness (QED) is 0.623. The first kappa shape index (κ1) is 17.0. The molecule has 0 amide bonds. The zero-order valence-corrected chi connectivity index (χ0v) is 10.8. The van der Waals surface area contributed by atoms with E-state index in [1.165, 1.54) is 0 Å². The monoisotopic (exact) mass is 383 g/mol. The molecular weight excluding hydrogens is 375 g/mol. The Balaban J connectivity index is -0.0000000720. The van der Waals surface area contributed by atoms with Gasteiger partial charge in [0.25, 0.3) is 0 Å². The van der Waals surface area contributed by atoms with Gasteiger partial charge in [0.2, 0.25) is 0 Å². The van der Waals surface area contributed by atoms with Crippen LogP contribution in [0.3, 0.4) is 0 Å². The summed E-state index contributed by atoms with van der Waals surface area (Å²) in [5.74, 6) is 0. The molecule has 0 saturated heterocycles. The van der Waals surface area contributed by atoms with Crippen molar-refractivity contribution in [2.75, 3.05) is 0 Å². The van der Waals surface area contributed by atoms with Gasteiger partial charge < -0.3 is 0 Å². The zero-order chi connectivity index (χ0) is 6.83. The molecule has 9 heavy (non-hydrogen) atoms. The summed E-state index contributed by atoms with van der Waals surface area (Å²) in [7, 11) is 5.46. The molecule has 0 radical (unpaired) electrons. The standard InChI is InChI=1S/2H4N2P2.Pt/c2*1-4-2-3;/h2*3H2,(H2,1,2);. The molecule has 58 valence electrons. The third-order valence-corrected chi connectivity index (χ3v) is 1.20. The van der Waals surface area contributed by atoms with E-state index in [-0.39, 0.29) is 21.1 Å². The Kier molecular flexibility index (Phi) is 42.6. The van der Waals surface area contributed by atoms with Gasteiger partial charge in [0.15, 0.2) is 0 Å². The van der Waals surface area contributed by atoms with Gasteiger partial charge in [0, 0.05) is 21.1 Å². The van der Waals surface area contributed by atoms with Crippen LogP contribution in [0.25, 0.3) is 0 Å². The van der Waals surface area contributed by atoms with E-state index < -0.39 is 0 Å². The number of hydrogen-bond acceptors (Lipinski definition) is 2. The molecule has 0 aromatic carbocycles. The van der Waals surface area contributed by atoms with E-state index in [4.69, 9.17) is 11.0 Å². The molecule has 2 unspecified atom stereocenters. The largest absolute Gasteiger partial charge is 0.269 e. The zero-order valence-electron chi connectivity index (χ0n) is 4.41. The van der Waals surface area contributed by atoms with Crippen molar-refractivity contribution in [3.05, 3.63) is 0 Å². The normalized spacial score (nSPS) is 8.44. The fourth-order valence-corrected chi connectivity index (χ4v) is 0. The van der Waals surface area contributed by atoms with Gasteiger partial charge in [-0.1, -0.05) is 0 Å². The van der Waals surface area contributed by atoms with Crippen LogP contribution in [0.2, 0.25) is 0 Å². The van der Waals surface area contributed by atoms with Crippen LogP contribution in [0.5, 0.6) is 0 Å². The summed E-state index contributed by atoms with van der Waals surface area (Å²) in [6.45, 7) is 0. The topological polar surface area (TPSA) is 76.8 Å². The smallest absolute Gasteiger partial charge is 0.0907 e. The maximum absolute atomic E-state index is 4.81. The molecule has 0 spiro atoms. The van der Waals surface area contributed by atoms with Gasteiger partial charge in [0.1, 0.15) is 0 Å². The molecule has 0 saturated carbocycles.